The fraction of sp³-hybridized carbons (Fsp3) is 0.200. The lowest BCUT2D eigenvalue weighted by atomic mass is 10.1. The lowest BCUT2D eigenvalue weighted by Crippen LogP contribution is -2.08. The molecular weight excluding hydrogens is 245 g/mol. The van der Waals surface area contributed by atoms with Crippen LogP contribution in [0.2, 0.25) is 0 Å². The second-order valence-corrected chi connectivity index (χ2v) is 4.43. The molecule has 19 heavy (non-hydrogen) atoms. The van der Waals surface area contributed by atoms with Gasteiger partial charge in [-0.3, -0.25) is 0 Å². The van der Waals surface area contributed by atoms with E-state index in [4.69, 9.17) is 10.5 Å². The normalized spacial score (nSPS) is 12.2. The molecule has 2 aromatic rings. The number of aromatic hydroxyl groups is 1. The van der Waals surface area contributed by atoms with Crippen LogP contribution in [-0.4, -0.2) is 5.11 Å². The predicted molar refractivity (Wildman–Crippen MR) is 71.4 cm³/mol. The third-order valence-corrected chi connectivity index (χ3v) is 2.77. The van der Waals surface area contributed by atoms with Gasteiger partial charge in [0.15, 0.2) is 0 Å². The van der Waals surface area contributed by atoms with E-state index in [2.05, 4.69) is 0 Å². The van der Waals surface area contributed by atoms with Crippen LogP contribution in [0.3, 0.4) is 0 Å². The molecule has 0 bridgehead atoms. The number of ether oxygens (including phenoxy) is 1. The van der Waals surface area contributed by atoms with E-state index in [1.165, 1.54) is 12.1 Å². The van der Waals surface area contributed by atoms with Gasteiger partial charge in [-0.2, -0.15) is 0 Å². The minimum Gasteiger partial charge on any atom is -0.508 e. The molecule has 2 aromatic carbocycles. The molecule has 1 atom stereocenters. The summed E-state index contributed by atoms with van der Waals surface area (Å²) in [5, 5.41) is 9.36. The Morgan fingerprint density at radius 3 is 2.74 bits per heavy atom. The first-order chi connectivity index (χ1) is 9.06. The van der Waals surface area contributed by atoms with Crippen molar-refractivity contribution in [2.45, 2.75) is 19.6 Å². The molecule has 2 rings (SSSR count). The van der Waals surface area contributed by atoms with Gasteiger partial charge in [0, 0.05) is 17.7 Å². The van der Waals surface area contributed by atoms with E-state index in [9.17, 15) is 9.50 Å². The molecule has 0 unspecified atom stereocenters. The maximum Gasteiger partial charge on any atom is 0.127 e. The van der Waals surface area contributed by atoms with Crippen LogP contribution in [0.15, 0.2) is 42.5 Å². The minimum atomic E-state index is -0.365. The summed E-state index contributed by atoms with van der Waals surface area (Å²) < 4.78 is 18.8. The van der Waals surface area contributed by atoms with Gasteiger partial charge in [0.05, 0.1) is 0 Å². The summed E-state index contributed by atoms with van der Waals surface area (Å²) in [5.74, 6) is 0.237. The molecule has 0 aromatic heterocycles. The molecule has 0 aliphatic heterocycles. The van der Waals surface area contributed by atoms with Crippen molar-refractivity contribution in [2.24, 2.45) is 5.73 Å². The number of rotatable bonds is 4. The van der Waals surface area contributed by atoms with Crippen molar-refractivity contribution in [3.63, 3.8) is 0 Å². The van der Waals surface area contributed by atoms with E-state index in [0.717, 1.165) is 11.1 Å². The summed E-state index contributed by atoms with van der Waals surface area (Å²) in [6.07, 6.45) is 0. The molecule has 3 nitrogen and oxygen atoms in total. The van der Waals surface area contributed by atoms with Crippen LogP contribution in [0.25, 0.3) is 0 Å². The van der Waals surface area contributed by atoms with Gasteiger partial charge in [0.1, 0.15) is 23.9 Å². The Hall–Kier alpha value is -2.07. The van der Waals surface area contributed by atoms with Gasteiger partial charge in [-0.05, 0) is 30.7 Å². The second-order valence-electron chi connectivity index (χ2n) is 4.43. The maximum absolute atomic E-state index is 13.2. The molecule has 0 saturated carbocycles. The molecule has 0 aliphatic carbocycles. The second kappa shape index (κ2) is 5.71. The van der Waals surface area contributed by atoms with Gasteiger partial charge >= 0.3 is 0 Å². The average molecular weight is 261 g/mol. The third kappa shape index (κ3) is 3.45. The van der Waals surface area contributed by atoms with E-state index in [1.807, 2.05) is 13.0 Å². The summed E-state index contributed by atoms with van der Waals surface area (Å²) in [6.45, 7) is 2.06. The standard InChI is InChI=1S/C15H16FNO2/c1-10(17)14-6-5-12(16)8-15(14)19-9-11-3-2-4-13(18)7-11/h2-8,10,18H,9,17H2,1H3/t10-/m1/s1. The Morgan fingerprint density at radius 1 is 1.26 bits per heavy atom. The van der Waals surface area contributed by atoms with Crippen molar-refractivity contribution in [2.75, 3.05) is 0 Å². The smallest absolute Gasteiger partial charge is 0.127 e. The number of hydrogen-bond acceptors (Lipinski definition) is 3. The molecule has 0 amide bonds. The summed E-state index contributed by atoms with van der Waals surface area (Å²) in [6, 6.07) is 10.8. The summed E-state index contributed by atoms with van der Waals surface area (Å²) >= 11 is 0. The van der Waals surface area contributed by atoms with Gasteiger partial charge in [0.2, 0.25) is 0 Å². The van der Waals surface area contributed by atoms with Crippen LogP contribution in [0, 0.1) is 5.82 Å². The van der Waals surface area contributed by atoms with Gasteiger partial charge in [0.25, 0.3) is 0 Å². The third-order valence-electron chi connectivity index (χ3n) is 2.77. The quantitative estimate of drug-likeness (QED) is 0.889. The Kier molecular flexibility index (Phi) is 4.02. The fourth-order valence-corrected chi connectivity index (χ4v) is 1.82. The summed E-state index contributed by atoms with van der Waals surface area (Å²) in [4.78, 5) is 0. The van der Waals surface area contributed by atoms with Gasteiger partial charge in [-0.1, -0.05) is 18.2 Å². The van der Waals surface area contributed by atoms with Crippen molar-refractivity contribution in [1.82, 2.24) is 0 Å². The summed E-state index contributed by atoms with van der Waals surface area (Å²) in [7, 11) is 0. The van der Waals surface area contributed by atoms with Crippen LogP contribution in [-0.2, 0) is 6.61 Å². The Labute approximate surface area is 111 Å². The van der Waals surface area contributed by atoms with Crippen molar-refractivity contribution >= 4 is 0 Å². The summed E-state index contributed by atoms with van der Waals surface area (Å²) in [5.41, 5.74) is 7.37. The van der Waals surface area contributed by atoms with E-state index in [-0.39, 0.29) is 24.2 Å². The number of benzene rings is 2. The van der Waals surface area contributed by atoms with Gasteiger partial charge < -0.3 is 15.6 Å². The monoisotopic (exact) mass is 261 g/mol. The zero-order valence-electron chi connectivity index (χ0n) is 10.6. The Morgan fingerprint density at radius 2 is 2.05 bits per heavy atom. The number of hydrogen-bond donors (Lipinski definition) is 2. The van der Waals surface area contributed by atoms with Crippen molar-refractivity contribution in [1.29, 1.82) is 0 Å². The SMILES string of the molecule is C[C@@H](N)c1ccc(F)cc1OCc1cccc(O)c1. The topological polar surface area (TPSA) is 55.5 Å². The largest absolute Gasteiger partial charge is 0.508 e. The fourth-order valence-electron chi connectivity index (χ4n) is 1.82. The van der Waals surface area contributed by atoms with Gasteiger partial charge in [-0.25, -0.2) is 4.39 Å². The molecule has 0 aliphatic rings. The highest BCUT2D eigenvalue weighted by Gasteiger charge is 2.09. The highest BCUT2D eigenvalue weighted by molar-refractivity contribution is 5.36. The van der Waals surface area contributed by atoms with E-state index < -0.39 is 0 Å². The number of halogens is 1. The van der Waals surface area contributed by atoms with Crippen LogP contribution in [0.1, 0.15) is 24.1 Å². The molecule has 0 fully saturated rings. The lowest BCUT2D eigenvalue weighted by Gasteiger charge is -2.14. The highest BCUT2D eigenvalue weighted by atomic mass is 19.1. The Bertz CT molecular complexity index is 570. The number of phenols is 1. The molecule has 0 heterocycles. The molecule has 0 radical (unpaired) electrons. The van der Waals surface area contributed by atoms with Crippen LogP contribution in [0.4, 0.5) is 4.39 Å². The van der Waals surface area contributed by atoms with Crippen LogP contribution >= 0.6 is 0 Å². The first kappa shape index (κ1) is 13.4. The zero-order valence-corrected chi connectivity index (χ0v) is 10.6. The molecule has 0 spiro atoms. The molecular formula is C15H16FNO2. The van der Waals surface area contributed by atoms with Crippen molar-refractivity contribution < 1.29 is 14.2 Å². The minimum absolute atomic E-state index is 0.174. The number of phenolic OH excluding ortho intramolecular Hbond substituents is 1. The first-order valence-corrected chi connectivity index (χ1v) is 6.02. The highest BCUT2D eigenvalue weighted by Crippen LogP contribution is 2.26. The van der Waals surface area contributed by atoms with Crippen molar-refractivity contribution in [3.8, 4) is 11.5 Å². The first-order valence-electron chi connectivity index (χ1n) is 6.02. The zero-order chi connectivity index (χ0) is 13.8. The van der Waals surface area contributed by atoms with E-state index >= 15 is 0 Å². The molecule has 0 saturated heterocycles. The Balaban J connectivity index is 2.17. The van der Waals surface area contributed by atoms with Gasteiger partial charge in [-0.15, -0.1) is 0 Å². The molecule has 4 heteroatoms. The predicted octanol–water partition coefficient (Wildman–Crippen LogP) is 3.13. The van der Waals surface area contributed by atoms with E-state index in [1.54, 1.807) is 24.3 Å². The molecule has 3 N–H and O–H groups in total. The lowest BCUT2D eigenvalue weighted by molar-refractivity contribution is 0.299. The van der Waals surface area contributed by atoms with Crippen LogP contribution in [0.5, 0.6) is 11.5 Å². The maximum atomic E-state index is 13.2. The van der Waals surface area contributed by atoms with E-state index in [0.29, 0.717) is 5.75 Å². The molecule has 100 valence electrons. The van der Waals surface area contributed by atoms with Crippen molar-refractivity contribution in [3.05, 3.63) is 59.4 Å². The van der Waals surface area contributed by atoms with Crippen LogP contribution < -0.4 is 10.5 Å². The average Bonchev–Trinajstić information content (AvgIpc) is 2.36. The number of nitrogens with two attached hydrogens (primary N) is 1.